The average Bonchev–Trinajstić information content (AvgIpc) is 2.42. The Morgan fingerprint density at radius 2 is 1.95 bits per heavy atom. The van der Waals surface area contributed by atoms with E-state index in [9.17, 15) is 9.18 Å². The Hall–Kier alpha value is -2.56. The smallest absolute Gasteiger partial charge is 0.255 e. The largest absolute Gasteiger partial charge is 0.397 e. The number of benzene rings is 2. The summed E-state index contributed by atoms with van der Waals surface area (Å²) < 4.78 is 13.7. The molecule has 0 saturated carbocycles. The maximum atomic E-state index is 13.7. The highest BCUT2D eigenvalue weighted by atomic mass is 19.1. The van der Waals surface area contributed by atoms with Crippen molar-refractivity contribution in [1.82, 2.24) is 0 Å². The summed E-state index contributed by atoms with van der Waals surface area (Å²) in [5.41, 5.74) is 8.49. The third-order valence-electron chi connectivity index (χ3n) is 3.23. The van der Waals surface area contributed by atoms with Crippen LogP contribution in [0.2, 0.25) is 0 Å². The molecule has 2 aromatic rings. The molecule has 3 N–H and O–H groups in total. The molecule has 0 saturated heterocycles. The SMILES string of the molecule is Cc1cccc(F)c1NC(=O)c1ccc(N(C)C)c(N)c1. The van der Waals surface area contributed by atoms with Crippen molar-refractivity contribution < 1.29 is 9.18 Å². The number of aryl methyl sites for hydroxylation is 1. The fraction of sp³-hybridized carbons (Fsp3) is 0.188. The molecule has 4 nitrogen and oxygen atoms in total. The molecule has 0 aliphatic carbocycles. The lowest BCUT2D eigenvalue weighted by atomic mass is 10.1. The summed E-state index contributed by atoms with van der Waals surface area (Å²) >= 11 is 0. The highest BCUT2D eigenvalue weighted by Crippen LogP contribution is 2.24. The molecule has 0 spiro atoms. The van der Waals surface area contributed by atoms with Crippen LogP contribution in [0.5, 0.6) is 0 Å². The van der Waals surface area contributed by atoms with E-state index in [0.29, 0.717) is 16.8 Å². The fourth-order valence-electron chi connectivity index (χ4n) is 2.08. The molecule has 2 aromatic carbocycles. The zero-order chi connectivity index (χ0) is 15.6. The van der Waals surface area contributed by atoms with E-state index in [1.807, 2.05) is 19.0 Å². The van der Waals surface area contributed by atoms with Crippen molar-refractivity contribution in [1.29, 1.82) is 0 Å². The maximum Gasteiger partial charge on any atom is 0.255 e. The molecule has 0 aliphatic rings. The number of rotatable bonds is 3. The number of nitrogens with two attached hydrogens (primary N) is 1. The normalized spacial score (nSPS) is 10.3. The number of nitrogen functional groups attached to an aromatic ring is 1. The van der Waals surface area contributed by atoms with Crippen LogP contribution in [-0.4, -0.2) is 20.0 Å². The van der Waals surface area contributed by atoms with Crippen LogP contribution in [-0.2, 0) is 0 Å². The summed E-state index contributed by atoms with van der Waals surface area (Å²) in [7, 11) is 3.74. The molecular formula is C16H18FN3O. The van der Waals surface area contributed by atoms with E-state index < -0.39 is 5.82 Å². The first-order chi connectivity index (χ1) is 9.90. The Kier molecular flexibility index (Phi) is 4.12. The first kappa shape index (κ1) is 14.8. The zero-order valence-electron chi connectivity index (χ0n) is 12.3. The number of para-hydroxylation sites is 1. The Morgan fingerprint density at radius 1 is 1.24 bits per heavy atom. The van der Waals surface area contributed by atoms with Crippen molar-refractivity contribution in [2.45, 2.75) is 6.92 Å². The Morgan fingerprint density at radius 3 is 2.52 bits per heavy atom. The van der Waals surface area contributed by atoms with Crippen molar-refractivity contribution in [2.75, 3.05) is 30.0 Å². The van der Waals surface area contributed by atoms with Gasteiger partial charge >= 0.3 is 0 Å². The summed E-state index contributed by atoms with van der Waals surface area (Å²) in [6.45, 7) is 1.74. The molecule has 2 rings (SSSR count). The number of hydrogen-bond acceptors (Lipinski definition) is 3. The van der Waals surface area contributed by atoms with Gasteiger partial charge in [-0.05, 0) is 36.8 Å². The lowest BCUT2D eigenvalue weighted by Crippen LogP contribution is -2.16. The standard InChI is InChI=1S/C16H18FN3O/c1-10-5-4-6-12(17)15(10)19-16(21)11-7-8-14(20(2)3)13(18)9-11/h4-9H,18H2,1-3H3,(H,19,21). The average molecular weight is 287 g/mol. The predicted octanol–water partition coefficient (Wildman–Crippen LogP) is 3.03. The summed E-state index contributed by atoms with van der Waals surface area (Å²) in [4.78, 5) is 14.1. The molecule has 0 fully saturated rings. The van der Waals surface area contributed by atoms with E-state index in [1.54, 1.807) is 37.3 Å². The van der Waals surface area contributed by atoms with Gasteiger partial charge < -0.3 is 16.0 Å². The van der Waals surface area contributed by atoms with Crippen molar-refractivity contribution in [3.63, 3.8) is 0 Å². The van der Waals surface area contributed by atoms with Crippen LogP contribution < -0.4 is 16.0 Å². The summed E-state index contributed by atoms with van der Waals surface area (Å²) in [6.07, 6.45) is 0. The molecule has 0 bridgehead atoms. The number of anilines is 3. The van der Waals surface area contributed by atoms with Gasteiger partial charge in [-0.25, -0.2) is 4.39 Å². The third kappa shape index (κ3) is 3.13. The van der Waals surface area contributed by atoms with Gasteiger partial charge in [-0.1, -0.05) is 12.1 Å². The van der Waals surface area contributed by atoms with E-state index >= 15 is 0 Å². The first-order valence-electron chi connectivity index (χ1n) is 6.53. The lowest BCUT2D eigenvalue weighted by molar-refractivity contribution is 0.102. The van der Waals surface area contributed by atoms with Crippen LogP contribution in [0, 0.1) is 12.7 Å². The Balaban J connectivity index is 2.27. The molecule has 110 valence electrons. The van der Waals surface area contributed by atoms with E-state index in [2.05, 4.69) is 5.32 Å². The van der Waals surface area contributed by atoms with Gasteiger partial charge in [0.2, 0.25) is 0 Å². The first-order valence-corrected chi connectivity index (χ1v) is 6.53. The van der Waals surface area contributed by atoms with Gasteiger partial charge in [-0.3, -0.25) is 4.79 Å². The topological polar surface area (TPSA) is 58.4 Å². The van der Waals surface area contributed by atoms with E-state index in [4.69, 9.17) is 5.73 Å². The second-order valence-electron chi connectivity index (χ2n) is 5.05. The Labute approximate surface area is 123 Å². The molecule has 0 heterocycles. The number of hydrogen-bond donors (Lipinski definition) is 2. The van der Waals surface area contributed by atoms with Crippen LogP contribution in [0.3, 0.4) is 0 Å². The summed E-state index contributed by atoms with van der Waals surface area (Å²) in [5.74, 6) is -0.846. The number of amides is 1. The monoisotopic (exact) mass is 287 g/mol. The maximum absolute atomic E-state index is 13.7. The van der Waals surface area contributed by atoms with Crippen molar-refractivity contribution >= 4 is 23.0 Å². The van der Waals surface area contributed by atoms with Gasteiger partial charge in [0.1, 0.15) is 5.82 Å². The molecular weight excluding hydrogens is 269 g/mol. The van der Waals surface area contributed by atoms with Crippen LogP contribution in [0.1, 0.15) is 15.9 Å². The summed E-state index contributed by atoms with van der Waals surface area (Å²) in [5, 5.41) is 2.59. The second kappa shape index (κ2) is 5.83. The van der Waals surface area contributed by atoms with Gasteiger partial charge in [0.15, 0.2) is 0 Å². The second-order valence-corrected chi connectivity index (χ2v) is 5.05. The number of carbonyl (C=O) groups excluding carboxylic acids is 1. The molecule has 5 heteroatoms. The number of carbonyl (C=O) groups is 1. The quantitative estimate of drug-likeness (QED) is 0.853. The van der Waals surface area contributed by atoms with Crippen molar-refractivity contribution in [3.05, 3.63) is 53.3 Å². The van der Waals surface area contributed by atoms with Gasteiger partial charge in [0, 0.05) is 19.7 Å². The van der Waals surface area contributed by atoms with Crippen molar-refractivity contribution in [3.8, 4) is 0 Å². The molecule has 0 unspecified atom stereocenters. The molecule has 0 aliphatic heterocycles. The summed E-state index contributed by atoms with van der Waals surface area (Å²) in [6, 6.07) is 9.66. The molecule has 0 aromatic heterocycles. The number of nitrogens with one attached hydrogen (secondary N) is 1. The number of nitrogens with zero attached hydrogens (tertiary/aromatic N) is 1. The fourth-order valence-corrected chi connectivity index (χ4v) is 2.08. The van der Waals surface area contributed by atoms with E-state index in [-0.39, 0.29) is 11.6 Å². The third-order valence-corrected chi connectivity index (χ3v) is 3.23. The minimum atomic E-state index is -0.457. The van der Waals surface area contributed by atoms with Gasteiger partial charge in [-0.15, -0.1) is 0 Å². The van der Waals surface area contributed by atoms with Gasteiger partial charge in [0.05, 0.1) is 17.1 Å². The van der Waals surface area contributed by atoms with Gasteiger partial charge in [0.25, 0.3) is 5.91 Å². The van der Waals surface area contributed by atoms with Crippen molar-refractivity contribution in [2.24, 2.45) is 0 Å². The Bertz CT molecular complexity index is 663. The highest BCUT2D eigenvalue weighted by Gasteiger charge is 2.13. The molecule has 0 atom stereocenters. The predicted molar refractivity (Wildman–Crippen MR) is 84.3 cm³/mol. The van der Waals surface area contributed by atoms with Crippen LogP contribution >= 0.6 is 0 Å². The molecule has 1 amide bonds. The zero-order valence-corrected chi connectivity index (χ0v) is 12.3. The molecule has 0 radical (unpaired) electrons. The number of halogens is 1. The highest BCUT2D eigenvalue weighted by molar-refractivity contribution is 6.05. The van der Waals surface area contributed by atoms with E-state index in [0.717, 1.165) is 5.69 Å². The lowest BCUT2D eigenvalue weighted by Gasteiger charge is -2.16. The molecule has 21 heavy (non-hydrogen) atoms. The minimum Gasteiger partial charge on any atom is -0.397 e. The van der Waals surface area contributed by atoms with Gasteiger partial charge in [-0.2, -0.15) is 0 Å². The minimum absolute atomic E-state index is 0.192. The van der Waals surface area contributed by atoms with E-state index in [1.165, 1.54) is 6.07 Å². The van der Waals surface area contributed by atoms with Crippen LogP contribution in [0.4, 0.5) is 21.5 Å². The van der Waals surface area contributed by atoms with Crippen LogP contribution in [0.15, 0.2) is 36.4 Å². The van der Waals surface area contributed by atoms with Crippen LogP contribution in [0.25, 0.3) is 0 Å².